The largest absolute Gasteiger partial charge is 0.463 e. The lowest BCUT2D eigenvalue weighted by Gasteiger charge is -2.43. The first-order valence-electron chi connectivity index (χ1n) is 17.3. The number of amides is 1. The molecule has 4 atom stereocenters. The van der Waals surface area contributed by atoms with Crippen LogP contribution < -0.4 is 15.4 Å². The fourth-order valence-corrected chi connectivity index (χ4v) is 7.96. The molecule has 3 fully saturated rings. The van der Waals surface area contributed by atoms with Gasteiger partial charge in [0.05, 0.1) is 47.6 Å². The third-order valence-corrected chi connectivity index (χ3v) is 10.4. The molecule has 3 aromatic rings. The van der Waals surface area contributed by atoms with Crippen molar-refractivity contribution in [1.29, 1.82) is 5.26 Å². The molecule has 2 bridgehead atoms. The number of hydrogen-bond donors (Lipinski definition) is 1. The van der Waals surface area contributed by atoms with Gasteiger partial charge in [0.25, 0.3) is 0 Å². The lowest BCUT2D eigenvalue weighted by Crippen LogP contribution is -2.57. The second kappa shape index (κ2) is 13.5. The van der Waals surface area contributed by atoms with E-state index in [1.807, 2.05) is 18.9 Å². The first-order chi connectivity index (χ1) is 24.3. The lowest BCUT2D eigenvalue weighted by atomic mass is 9.73. The number of piperidine rings is 1. The van der Waals surface area contributed by atoms with Gasteiger partial charge in [-0.25, -0.2) is 9.18 Å². The number of rotatable bonds is 6. The minimum Gasteiger partial charge on any atom is -0.463 e. The highest BCUT2D eigenvalue weighted by Crippen LogP contribution is 2.45. The number of fused-ring (bicyclic) bond motifs is 3. The molecule has 1 amide bonds. The van der Waals surface area contributed by atoms with Gasteiger partial charge in [0.1, 0.15) is 28.7 Å². The van der Waals surface area contributed by atoms with Crippen LogP contribution in [-0.2, 0) is 10.9 Å². The Balaban J connectivity index is 1.48. The van der Waals surface area contributed by atoms with E-state index in [4.69, 9.17) is 15.2 Å². The highest BCUT2D eigenvalue weighted by Gasteiger charge is 2.46. The molecule has 2 N–H and O–H groups in total. The molecular weight excluding hydrogens is 687 g/mol. The second-order valence-electron chi connectivity index (χ2n) is 15.5. The number of hydrogen-bond acceptors (Lipinski definition) is 10. The van der Waals surface area contributed by atoms with E-state index >= 15 is 4.39 Å². The maximum absolute atomic E-state index is 16.9. The van der Waals surface area contributed by atoms with Crippen molar-refractivity contribution in [3.63, 3.8) is 0 Å². The summed E-state index contributed by atoms with van der Waals surface area (Å²) in [5.41, 5.74) is 0.332. The molecule has 0 saturated carbocycles. The number of carbonyl (C=O) groups is 1. The van der Waals surface area contributed by atoms with E-state index in [0.717, 1.165) is 6.07 Å². The van der Waals surface area contributed by atoms with Crippen LogP contribution in [0.5, 0.6) is 6.01 Å². The van der Waals surface area contributed by atoms with Crippen LogP contribution in [0.15, 0.2) is 12.3 Å². The quantitative estimate of drug-likeness (QED) is 0.221. The molecule has 0 spiro atoms. The zero-order chi connectivity index (χ0) is 37.9. The van der Waals surface area contributed by atoms with Crippen LogP contribution >= 0.6 is 0 Å². The van der Waals surface area contributed by atoms with Crippen LogP contribution in [0.3, 0.4) is 0 Å². The molecule has 280 valence electrons. The summed E-state index contributed by atoms with van der Waals surface area (Å²) in [5, 5.41) is 9.99. The Bertz CT molecular complexity index is 1920. The number of nitrogen functional groups attached to an aromatic ring is 1. The summed E-state index contributed by atoms with van der Waals surface area (Å²) in [6, 6.07) is 1.94. The number of ether oxygens (including phenoxy) is 2. The van der Waals surface area contributed by atoms with Gasteiger partial charge < -0.3 is 25.0 Å². The zero-order valence-electron chi connectivity index (χ0n) is 30.1. The molecule has 3 saturated heterocycles. The number of pyridine rings is 1. The lowest BCUT2D eigenvalue weighted by molar-refractivity contribution is -0.137. The van der Waals surface area contributed by atoms with E-state index in [2.05, 4.69) is 19.9 Å². The van der Waals surface area contributed by atoms with Gasteiger partial charge >= 0.3 is 18.3 Å². The fourth-order valence-electron chi connectivity index (χ4n) is 7.96. The smallest absolute Gasteiger partial charge is 0.417 e. The van der Waals surface area contributed by atoms with Gasteiger partial charge in [-0.05, 0) is 78.1 Å². The van der Waals surface area contributed by atoms with Gasteiger partial charge in [0.15, 0.2) is 5.82 Å². The third-order valence-electron chi connectivity index (χ3n) is 10.4. The van der Waals surface area contributed by atoms with E-state index in [1.54, 1.807) is 31.7 Å². The van der Waals surface area contributed by atoms with Crippen molar-refractivity contribution >= 4 is 28.5 Å². The number of aromatic nitrogens is 3. The number of anilines is 2. The van der Waals surface area contributed by atoms with E-state index in [9.17, 15) is 27.6 Å². The molecule has 16 heteroatoms. The first kappa shape index (κ1) is 37.2. The minimum atomic E-state index is -4.98. The summed E-state index contributed by atoms with van der Waals surface area (Å²) in [6.45, 7) is 9.69. The number of benzene rings is 1. The maximum atomic E-state index is 16.9. The zero-order valence-corrected chi connectivity index (χ0v) is 30.1. The Morgan fingerprint density at radius 3 is 2.42 bits per heavy atom. The predicted octanol–water partition coefficient (Wildman–Crippen LogP) is 6.51. The standard InChI is InChI=1S/C36H43F5N8O3/c1-19-11-25(43)23(13-42)26(27(19)36(39,40)41)30-28(38)29-24(14-44-30)31(46-32(45-29)51-18-35(5)17-47(6)10-9-20(35)12-37)48-15-21-7-8-22(16-48)49(21)33(50)52-34(2,3)4/h11,14,20-22H,7-10,12,15-18,43H2,1-6H3/t20-,21-,22+,35+/m1/s1. The second-order valence-corrected chi connectivity index (χ2v) is 15.5. The Labute approximate surface area is 298 Å². The van der Waals surface area contributed by atoms with Gasteiger partial charge in [0, 0.05) is 36.8 Å². The van der Waals surface area contributed by atoms with Crippen molar-refractivity contribution in [2.24, 2.45) is 11.3 Å². The van der Waals surface area contributed by atoms with Crippen molar-refractivity contribution in [3.05, 3.63) is 34.8 Å². The van der Waals surface area contributed by atoms with Crippen LogP contribution in [0.25, 0.3) is 22.2 Å². The highest BCUT2D eigenvalue weighted by atomic mass is 19.4. The van der Waals surface area contributed by atoms with Crippen LogP contribution in [0, 0.1) is 35.4 Å². The summed E-state index contributed by atoms with van der Waals surface area (Å²) < 4.78 is 86.4. The van der Waals surface area contributed by atoms with E-state index < -0.39 is 58.2 Å². The SMILES string of the molecule is Cc1cc(N)c(C#N)c(-c2ncc3c(N4C[C@H]5CC[C@@H](C4)N5C(=O)OC(C)(C)C)nc(OC[C@]4(C)CN(C)CC[C@@H]4CF)nc3c2F)c1C(F)(F)F. The molecule has 0 radical (unpaired) electrons. The van der Waals surface area contributed by atoms with Crippen LogP contribution in [-0.4, -0.2) is 95.0 Å². The Hall–Kier alpha value is -4.52. The van der Waals surface area contributed by atoms with Crippen LogP contribution in [0.2, 0.25) is 0 Å². The molecule has 3 aliphatic rings. The van der Waals surface area contributed by atoms with E-state index in [-0.39, 0.29) is 58.6 Å². The van der Waals surface area contributed by atoms with Gasteiger partial charge in [-0.15, -0.1) is 0 Å². The van der Waals surface area contributed by atoms with Crippen molar-refractivity contribution < 1.29 is 36.2 Å². The molecular formula is C36H43F5N8O3. The predicted molar refractivity (Wildman–Crippen MR) is 184 cm³/mol. The van der Waals surface area contributed by atoms with Gasteiger partial charge in [0.2, 0.25) is 0 Å². The molecule has 0 aliphatic carbocycles. The minimum absolute atomic E-state index is 0.0146. The summed E-state index contributed by atoms with van der Waals surface area (Å²) in [7, 11) is 1.93. The Morgan fingerprint density at radius 1 is 1.15 bits per heavy atom. The topological polar surface area (TPSA) is 134 Å². The number of alkyl halides is 4. The molecule has 52 heavy (non-hydrogen) atoms. The van der Waals surface area contributed by atoms with E-state index in [1.165, 1.54) is 13.1 Å². The summed E-state index contributed by atoms with van der Waals surface area (Å²) >= 11 is 0. The summed E-state index contributed by atoms with van der Waals surface area (Å²) in [6.07, 6.45) is -2.25. The summed E-state index contributed by atoms with van der Waals surface area (Å²) in [4.78, 5) is 32.1. The number of nitrogens with zero attached hydrogens (tertiary/aromatic N) is 7. The monoisotopic (exact) mass is 730 g/mol. The molecule has 6 rings (SSSR count). The number of carbonyl (C=O) groups excluding carboxylic acids is 1. The molecule has 1 aromatic carbocycles. The number of nitrogens with two attached hydrogens (primary N) is 1. The molecule has 3 aliphatic heterocycles. The average Bonchev–Trinajstić information content (AvgIpc) is 3.31. The Kier molecular flexibility index (Phi) is 9.65. The normalized spacial score (nSPS) is 23.9. The van der Waals surface area contributed by atoms with Crippen LogP contribution in [0.4, 0.5) is 38.3 Å². The van der Waals surface area contributed by atoms with Gasteiger partial charge in [-0.3, -0.25) is 14.3 Å². The molecule has 2 aromatic heterocycles. The van der Waals surface area contributed by atoms with Crippen molar-refractivity contribution in [2.45, 2.75) is 77.7 Å². The van der Waals surface area contributed by atoms with Gasteiger partial charge in [-0.1, -0.05) is 6.92 Å². The molecule has 0 unspecified atom stereocenters. The number of piperazine rings is 1. The number of halogens is 5. The van der Waals surface area contributed by atoms with E-state index in [0.29, 0.717) is 45.4 Å². The molecule has 11 nitrogen and oxygen atoms in total. The number of aryl methyl sites for hydroxylation is 1. The number of likely N-dealkylation sites (tertiary alicyclic amines) is 1. The third kappa shape index (κ3) is 6.87. The van der Waals surface area contributed by atoms with Gasteiger partial charge in [-0.2, -0.15) is 28.4 Å². The fraction of sp³-hybridized carbons (Fsp3) is 0.583. The maximum Gasteiger partial charge on any atom is 0.417 e. The van der Waals surface area contributed by atoms with Crippen molar-refractivity contribution in [1.82, 2.24) is 24.8 Å². The average molecular weight is 731 g/mol. The van der Waals surface area contributed by atoms with Crippen molar-refractivity contribution in [3.8, 4) is 23.3 Å². The number of nitriles is 1. The van der Waals surface area contributed by atoms with Crippen molar-refractivity contribution in [2.75, 3.05) is 57.1 Å². The molecule has 5 heterocycles. The Morgan fingerprint density at radius 2 is 1.83 bits per heavy atom. The van der Waals surface area contributed by atoms with Crippen LogP contribution in [0.1, 0.15) is 63.6 Å². The summed E-state index contributed by atoms with van der Waals surface area (Å²) in [5.74, 6) is -1.32. The highest BCUT2D eigenvalue weighted by molar-refractivity contribution is 5.93. The first-order valence-corrected chi connectivity index (χ1v) is 17.3.